The average Bonchev–Trinajstić information content (AvgIpc) is 2.25. The highest BCUT2D eigenvalue weighted by molar-refractivity contribution is 5.51. The van der Waals surface area contributed by atoms with Crippen LogP contribution in [-0.2, 0) is 11.2 Å². The average molecular weight is 207 g/mol. The summed E-state index contributed by atoms with van der Waals surface area (Å²) in [4.78, 5) is 10.2. The van der Waals surface area contributed by atoms with Crippen molar-refractivity contribution in [3.05, 3.63) is 29.1 Å². The minimum Gasteiger partial charge on any atom is -0.492 e. The van der Waals surface area contributed by atoms with Gasteiger partial charge in [0.15, 0.2) is 11.6 Å². The lowest BCUT2D eigenvalue weighted by atomic mass is 10.1. The first kappa shape index (κ1) is 11.2. The predicted octanol–water partition coefficient (Wildman–Crippen LogP) is 1.84. The molecule has 0 saturated heterocycles. The number of nitriles is 1. The summed E-state index contributed by atoms with van der Waals surface area (Å²) >= 11 is 0. The van der Waals surface area contributed by atoms with Crippen LogP contribution >= 0.6 is 0 Å². The molecule has 0 radical (unpaired) electrons. The molecular formula is C11H10FNO2. The molecule has 0 bridgehead atoms. The second-order valence-electron chi connectivity index (χ2n) is 2.98. The molecule has 0 amide bonds. The van der Waals surface area contributed by atoms with Gasteiger partial charge in [-0.05, 0) is 24.1 Å². The molecule has 0 aliphatic carbocycles. The van der Waals surface area contributed by atoms with Gasteiger partial charge < -0.3 is 9.53 Å². The number of aryl methyl sites for hydroxylation is 1. The molecule has 0 fully saturated rings. The van der Waals surface area contributed by atoms with E-state index in [2.05, 4.69) is 0 Å². The highest BCUT2D eigenvalue weighted by atomic mass is 19.1. The molecule has 0 N–H and O–H groups in total. The van der Waals surface area contributed by atoms with Crippen LogP contribution in [0.25, 0.3) is 0 Å². The van der Waals surface area contributed by atoms with E-state index < -0.39 is 5.82 Å². The maximum absolute atomic E-state index is 13.4. The molecule has 0 saturated carbocycles. The van der Waals surface area contributed by atoms with Crippen LogP contribution in [0.4, 0.5) is 4.39 Å². The molecular weight excluding hydrogens is 197 g/mol. The third-order valence-electron chi connectivity index (χ3n) is 1.98. The Hall–Kier alpha value is -1.89. The summed E-state index contributed by atoms with van der Waals surface area (Å²) in [6, 6.07) is 4.66. The number of carbonyl (C=O) groups is 1. The number of carbonyl (C=O) groups excluding carboxylic acids is 1. The Morgan fingerprint density at radius 3 is 2.87 bits per heavy atom. The van der Waals surface area contributed by atoms with Crippen LogP contribution < -0.4 is 4.74 Å². The third kappa shape index (κ3) is 2.53. The SMILES string of the molecule is COc1c(F)cc(CCC=O)cc1C#N. The molecule has 1 aromatic rings. The smallest absolute Gasteiger partial charge is 0.172 e. The highest BCUT2D eigenvalue weighted by Gasteiger charge is 2.10. The minimum absolute atomic E-state index is 0.0487. The summed E-state index contributed by atoms with van der Waals surface area (Å²) in [6.45, 7) is 0. The van der Waals surface area contributed by atoms with E-state index in [4.69, 9.17) is 10.00 Å². The van der Waals surface area contributed by atoms with E-state index in [-0.39, 0.29) is 11.3 Å². The van der Waals surface area contributed by atoms with Crippen LogP contribution in [0, 0.1) is 17.1 Å². The van der Waals surface area contributed by atoms with Crippen LogP contribution in [0.2, 0.25) is 0 Å². The molecule has 0 heterocycles. The van der Waals surface area contributed by atoms with Crippen LogP contribution in [0.5, 0.6) is 5.75 Å². The Balaban J connectivity index is 3.09. The van der Waals surface area contributed by atoms with Crippen molar-refractivity contribution >= 4 is 6.29 Å². The van der Waals surface area contributed by atoms with Crippen LogP contribution in [0.1, 0.15) is 17.5 Å². The minimum atomic E-state index is -0.572. The standard InChI is InChI=1S/C11H10FNO2/c1-15-11-9(7-13)5-8(3-2-4-14)6-10(11)12/h4-6H,2-3H2,1H3. The first-order valence-electron chi connectivity index (χ1n) is 4.43. The zero-order chi connectivity index (χ0) is 11.3. The molecule has 4 heteroatoms. The van der Waals surface area contributed by atoms with Crippen molar-refractivity contribution in [1.82, 2.24) is 0 Å². The fourth-order valence-electron chi connectivity index (χ4n) is 1.31. The van der Waals surface area contributed by atoms with Crippen molar-refractivity contribution in [3.63, 3.8) is 0 Å². The van der Waals surface area contributed by atoms with Crippen LogP contribution in [-0.4, -0.2) is 13.4 Å². The number of methoxy groups -OCH3 is 1. The van der Waals surface area contributed by atoms with Crippen molar-refractivity contribution in [1.29, 1.82) is 5.26 Å². The quantitative estimate of drug-likeness (QED) is 0.708. The summed E-state index contributed by atoms with van der Waals surface area (Å²) in [6.07, 6.45) is 1.50. The molecule has 0 aromatic heterocycles. The first-order chi connectivity index (χ1) is 7.22. The number of ether oxygens (including phenoxy) is 1. The summed E-state index contributed by atoms with van der Waals surface area (Å²) in [7, 11) is 1.31. The van der Waals surface area contributed by atoms with Gasteiger partial charge in [0.05, 0.1) is 12.7 Å². The van der Waals surface area contributed by atoms with E-state index in [1.54, 1.807) is 0 Å². The molecule has 15 heavy (non-hydrogen) atoms. The summed E-state index contributed by atoms with van der Waals surface area (Å²) < 4.78 is 18.1. The molecule has 78 valence electrons. The number of benzene rings is 1. The van der Waals surface area contributed by atoms with E-state index in [0.717, 1.165) is 6.29 Å². The largest absolute Gasteiger partial charge is 0.492 e. The summed E-state index contributed by atoms with van der Waals surface area (Å²) in [5.41, 5.74) is 0.773. The Labute approximate surface area is 87.1 Å². The monoisotopic (exact) mass is 207 g/mol. The lowest BCUT2D eigenvalue weighted by Crippen LogP contribution is -1.96. The zero-order valence-electron chi connectivity index (χ0n) is 8.29. The molecule has 0 spiro atoms. The molecule has 1 rings (SSSR count). The van der Waals surface area contributed by atoms with Crippen LogP contribution in [0.3, 0.4) is 0 Å². The Morgan fingerprint density at radius 2 is 2.33 bits per heavy atom. The predicted molar refractivity (Wildman–Crippen MR) is 52.1 cm³/mol. The third-order valence-corrected chi connectivity index (χ3v) is 1.98. The summed E-state index contributed by atoms with van der Waals surface area (Å²) in [5, 5.41) is 8.76. The van der Waals surface area contributed by atoms with E-state index in [1.807, 2.05) is 6.07 Å². The van der Waals surface area contributed by atoms with E-state index >= 15 is 0 Å². The van der Waals surface area contributed by atoms with Crippen molar-refractivity contribution < 1.29 is 13.9 Å². The summed E-state index contributed by atoms with van der Waals surface area (Å²) in [5.74, 6) is -0.621. The van der Waals surface area contributed by atoms with E-state index in [9.17, 15) is 9.18 Å². The lowest BCUT2D eigenvalue weighted by molar-refractivity contribution is -0.107. The molecule has 3 nitrogen and oxygen atoms in total. The van der Waals surface area contributed by atoms with Crippen molar-refractivity contribution in [2.24, 2.45) is 0 Å². The van der Waals surface area contributed by atoms with Gasteiger partial charge in [0.1, 0.15) is 12.4 Å². The van der Waals surface area contributed by atoms with Gasteiger partial charge in [-0.1, -0.05) is 0 Å². The van der Waals surface area contributed by atoms with Gasteiger partial charge >= 0.3 is 0 Å². The van der Waals surface area contributed by atoms with Gasteiger partial charge in [-0.25, -0.2) is 4.39 Å². The van der Waals surface area contributed by atoms with Gasteiger partial charge in [0, 0.05) is 6.42 Å². The van der Waals surface area contributed by atoms with E-state index in [1.165, 1.54) is 19.2 Å². The fraction of sp³-hybridized carbons (Fsp3) is 0.273. The van der Waals surface area contributed by atoms with Crippen molar-refractivity contribution in [2.75, 3.05) is 7.11 Å². The second-order valence-corrected chi connectivity index (χ2v) is 2.98. The number of rotatable bonds is 4. The van der Waals surface area contributed by atoms with Gasteiger partial charge in [-0.2, -0.15) is 5.26 Å². The number of aldehydes is 1. The Kier molecular flexibility index (Phi) is 3.81. The maximum Gasteiger partial charge on any atom is 0.172 e. The lowest BCUT2D eigenvalue weighted by Gasteiger charge is -2.06. The molecule has 0 unspecified atom stereocenters. The van der Waals surface area contributed by atoms with Gasteiger partial charge in [0.2, 0.25) is 0 Å². The number of hydrogen-bond donors (Lipinski definition) is 0. The van der Waals surface area contributed by atoms with Crippen molar-refractivity contribution in [2.45, 2.75) is 12.8 Å². The Bertz CT molecular complexity index is 410. The molecule has 0 atom stereocenters. The van der Waals surface area contributed by atoms with Gasteiger partial charge in [0.25, 0.3) is 0 Å². The Morgan fingerprint density at radius 1 is 1.60 bits per heavy atom. The number of nitrogens with zero attached hydrogens (tertiary/aromatic N) is 1. The van der Waals surface area contributed by atoms with Gasteiger partial charge in [-0.3, -0.25) is 0 Å². The number of halogens is 1. The normalized spacial score (nSPS) is 9.40. The highest BCUT2D eigenvalue weighted by Crippen LogP contribution is 2.24. The molecule has 1 aromatic carbocycles. The van der Waals surface area contributed by atoms with Gasteiger partial charge in [-0.15, -0.1) is 0 Å². The van der Waals surface area contributed by atoms with Crippen LogP contribution in [0.15, 0.2) is 12.1 Å². The molecule has 0 aliphatic heterocycles. The topological polar surface area (TPSA) is 50.1 Å². The zero-order valence-corrected chi connectivity index (χ0v) is 8.29. The number of hydrogen-bond acceptors (Lipinski definition) is 3. The second kappa shape index (κ2) is 5.11. The first-order valence-corrected chi connectivity index (χ1v) is 4.43. The van der Waals surface area contributed by atoms with E-state index in [0.29, 0.717) is 18.4 Å². The molecule has 0 aliphatic rings. The van der Waals surface area contributed by atoms with Crippen molar-refractivity contribution in [3.8, 4) is 11.8 Å². The fourth-order valence-corrected chi connectivity index (χ4v) is 1.31. The maximum atomic E-state index is 13.4.